The van der Waals surface area contributed by atoms with Gasteiger partial charge in [-0.1, -0.05) is 11.8 Å². The van der Waals surface area contributed by atoms with Gasteiger partial charge in [-0.15, -0.1) is 0 Å². The van der Waals surface area contributed by atoms with Crippen LogP contribution in [0.3, 0.4) is 0 Å². The Morgan fingerprint density at radius 3 is 2.47 bits per heavy atom. The first kappa shape index (κ1) is 15.7. The highest BCUT2D eigenvalue weighted by Crippen LogP contribution is 2.19. The third-order valence-electron chi connectivity index (χ3n) is 2.90. The van der Waals surface area contributed by atoms with Crippen molar-refractivity contribution in [1.29, 1.82) is 0 Å². The second kappa shape index (κ2) is 6.20. The van der Waals surface area contributed by atoms with Gasteiger partial charge in [0.25, 0.3) is 0 Å². The lowest BCUT2D eigenvalue weighted by atomic mass is 10.1. The number of nitrogens with zero attached hydrogens (tertiary/aromatic N) is 1. The van der Waals surface area contributed by atoms with E-state index in [9.17, 15) is 8.42 Å². The molecular weight excluding hydrogens is 262 g/mol. The topological polar surface area (TPSA) is 57.6 Å². The van der Waals surface area contributed by atoms with Crippen molar-refractivity contribution < 1.29 is 13.5 Å². The molecule has 0 saturated carbocycles. The van der Waals surface area contributed by atoms with Gasteiger partial charge in [0.15, 0.2) is 0 Å². The Hall–Kier alpha value is -1.35. The first-order valence-corrected chi connectivity index (χ1v) is 7.43. The third kappa shape index (κ3) is 3.57. The van der Waals surface area contributed by atoms with Gasteiger partial charge >= 0.3 is 0 Å². The molecule has 0 spiro atoms. The summed E-state index contributed by atoms with van der Waals surface area (Å²) >= 11 is 0. The average Bonchev–Trinajstić information content (AvgIpc) is 2.36. The first-order chi connectivity index (χ1) is 8.80. The van der Waals surface area contributed by atoms with E-state index in [0.29, 0.717) is 0 Å². The number of sulfonamides is 1. The van der Waals surface area contributed by atoms with E-state index in [1.807, 2.05) is 13.8 Å². The minimum Gasteiger partial charge on any atom is -0.384 e. The molecule has 0 bridgehead atoms. The number of benzene rings is 1. The molecule has 1 N–H and O–H groups in total. The Balaban J connectivity index is 3.21. The number of hydrogen-bond donors (Lipinski definition) is 1. The zero-order valence-corrected chi connectivity index (χ0v) is 12.5. The van der Waals surface area contributed by atoms with Crippen LogP contribution in [-0.4, -0.2) is 37.5 Å². The van der Waals surface area contributed by atoms with E-state index in [1.165, 1.54) is 4.31 Å². The molecule has 0 atom stereocenters. The van der Waals surface area contributed by atoms with Crippen LogP contribution in [0.2, 0.25) is 0 Å². The van der Waals surface area contributed by atoms with Crippen molar-refractivity contribution in [2.45, 2.75) is 31.7 Å². The number of aryl methyl sites for hydroxylation is 1. The van der Waals surface area contributed by atoms with Crippen molar-refractivity contribution >= 4 is 10.0 Å². The highest BCUT2D eigenvalue weighted by molar-refractivity contribution is 7.89. The monoisotopic (exact) mass is 281 g/mol. The van der Waals surface area contributed by atoms with Gasteiger partial charge in [0.2, 0.25) is 10.0 Å². The number of rotatable bonds is 3. The second-order valence-corrected chi connectivity index (χ2v) is 6.55. The van der Waals surface area contributed by atoms with E-state index in [0.717, 1.165) is 11.1 Å². The summed E-state index contributed by atoms with van der Waals surface area (Å²) in [6.45, 7) is 5.24. The summed E-state index contributed by atoms with van der Waals surface area (Å²) in [5.41, 5.74) is 1.50. The predicted molar refractivity (Wildman–Crippen MR) is 75.2 cm³/mol. The van der Waals surface area contributed by atoms with Gasteiger partial charge in [-0.2, -0.15) is 4.31 Å². The normalized spacial score (nSPS) is 11.5. The van der Waals surface area contributed by atoms with E-state index in [4.69, 9.17) is 5.11 Å². The van der Waals surface area contributed by atoms with Crippen LogP contribution in [0.1, 0.15) is 25.0 Å². The van der Waals surface area contributed by atoms with Crippen LogP contribution in [0.15, 0.2) is 23.1 Å². The van der Waals surface area contributed by atoms with Crippen LogP contribution < -0.4 is 0 Å². The van der Waals surface area contributed by atoms with Crippen LogP contribution in [0.5, 0.6) is 0 Å². The number of hydrogen-bond acceptors (Lipinski definition) is 3. The molecule has 0 aliphatic heterocycles. The van der Waals surface area contributed by atoms with Gasteiger partial charge < -0.3 is 5.11 Å². The second-order valence-electron chi connectivity index (χ2n) is 4.55. The molecule has 0 aliphatic rings. The molecule has 0 aliphatic carbocycles. The average molecular weight is 281 g/mol. The van der Waals surface area contributed by atoms with E-state index >= 15 is 0 Å². The van der Waals surface area contributed by atoms with Crippen molar-refractivity contribution in [3.8, 4) is 11.8 Å². The fourth-order valence-corrected chi connectivity index (χ4v) is 2.97. The molecule has 19 heavy (non-hydrogen) atoms. The van der Waals surface area contributed by atoms with Crippen molar-refractivity contribution in [3.05, 3.63) is 29.3 Å². The minimum atomic E-state index is -3.46. The lowest BCUT2D eigenvalue weighted by Gasteiger charge is -2.21. The van der Waals surface area contributed by atoms with Gasteiger partial charge in [-0.05, 0) is 44.5 Å². The van der Waals surface area contributed by atoms with Crippen molar-refractivity contribution in [2.75, 3.05) is 13.7 Å². The molecule has 1 aromatic rings. The maximum Gasteiger partial charge on any atom is 0.243 e. The van der Waals surface area contributed by atoms with Crippen LogP contribution in [-0.2, 0) is 10.0 Å². The molecule has 0 radical (unpaired) electrons. The molecule has 0 amide bonds. The summed E-state index contributed by atoms with van der Waals surface area (Å²) in [4.78, 5) is 0.260. The zero-order chi connectivity index (χ0) is 14.6. The van der Waals surface area contributed by atoms with Crippen LogP contribution in [0.4, 0.5) is 0 Å². The van der Waals surface area contributed by atoms with E-state index in [2.05, 4.69) is 11.8 Å². The molecular formula is C14H19NO3S. The van der Waals surface area contributed by atoms with E-state index in [-0.39, 0.29) is 17.5 Å². The molecule has 1 aromatic carbocycles. The molecule has 0 aromatic heterocycles. The van der Waals surface area contributed by atoms with Crippen LogP contribution in [0.25, 0.3) is 0 Å². The lowest BCUT2D eigenvalue weighted by molar-refractivity contribution is 0.350. The van der Waals surface area contributed by atoms with Gasteiger partial charge in [-0.25, -0.2) is 8.42 Å². The van der Waals surface area contributed by atoms with Crippen LogP contribution in [0, 0.1) is 18.8 Å². The molecule has 4 nitrogen and oxygen atoms in total. The Kier molecular flexibility index (Phi) is 5.12. The summed E-state index contributed by atoms with van der Waals surface area (Å²) in [6, 6.07) is 4.72. The fourth-order valence-electron chi connectivity index (χ4n) is 1.52. The van der Waals surface area contributed by atoms with Crippen molar-refractivity contribution in [2.24, 2.45) is 0 Å². The van der Waals surface area contributed by atoms with Crippen molar-refractivity contribution in [3.63, 3.8) is 0 Å². The predicted octanol–water partition coefficient (Wildman–Crippen LogP) is 1.37. The Morgan fingerprint density at radius 1 is 1.37 bits per heavy atom. The minimum absolute atomic E-state index is 0.0980. The quantitative estimate of drug-likeness (QED) is 0.851. The highest BCUT2D eigenvalue weighted by atomic mass is 32.2. The Bertz CT molecular complexity index is 609. The smallest absolute Gasteiger partial charge is 0.243 e. The highest BCUT2D eigenvalue weighted by Gasteiger charge is 2.23. The molecule has 1 rings (SSSR count). The fraction of sp³-hybridized carbons (Fsp3) is 0.429. The first-order valence-electron chi connectivity index (χ1n) is 5.99. The summed E-state index contributed by atoms with van der Waals surface area (Å²) < 4.78 is 25.9. The molecule has 0 heterocycles. The van der Waals surface area contributed by atoms with Crippen molar-refractivity contribution in [1.82, 2.24) is 4.31 Å². The molecule has 5 heteroatoms. The molecule has 0 unspecified atom stereocenters. The standard InChI is InChI=1S/C14H19NO3S/c1-11(2)15(4)19(17,18)14-8-7-13(6-5-9-16)12(3)10-14/h7-8,10-11,16H,9H2,1-4H3. The van der Waals surface area contributed by atoms with Crippen LogP contribution >= 0.6 is 0 Å². The molecule has 0 saturated heterocycles. The summed E-state index contributed by atoms with van der Waals surface area (Å²) in [6.07, 6.45) is 0. The van der Waals surface area contributed by atoms with E-state index in [1.54, 1.807) is 32.2 Å². The zero-order valence-electron chi connectivity index (χ0n) is 11.6. The molecule has 0 fully saturated rings. The summed E-state index contributed by atoms with van der Waals surface area (Å²) in [7, 11) is -1.90. The van der Waals surface area contributed by atoms with Gasteiger partial charge in [-0.3, -0.25) is 0 Å². The number of aliphatic hydroxyl groups is 1. The van der Waals surface area contributed by atoms with E-state index < -0.39 is 10.0 Å². The largest absolute Gasteiger partial charge is 0.384 e. The summed E-state index contributed by atoms with van der Waals surface area (Å²) in [5, 5.41) is 8.66. The maximum atomic E-state index is 12.3. The lowest BCUT2D eigenvalue weighted by Crippen LogP contribution is -2.33. The van der Waals surface area contributed by atoms with Gasteiger partial charge in [0.1, 0.15) is 6.61 Å². The maximum absolute atomic E-state index is 12.3. The Morgan fingerprint density at radius 2 is 2.00 bits per heavy atom. The Labute approximate surface area is 115 Å². The van der Waals surface area contributed by atoms with Gasteiger partial charge in [0, 0.05) is 18.7 Å². The SMILES string of the molecule is Cc1cc(S(=O)(=O)N(C)C(C)C)ccc1C#CCO. The molecule has 104 valence electrons. The number of aliphatic hydroxyl groups excluding tert-OH is 1. The van der Waals surface area contributed by atoms with Gasteiger partial charge in [0.05, 0.1) is 4.90 Å². The third-order valence-corrected chi connectivity index (χ3v) is 4.93. The summed E-state index contributed by atoms with van der Waals surface area (Å²) in [5.74, 6) is 5.34.